The smallest absolute Gasteiger partial charge is 0.335 e. The number of carbonyl (C=O) groups excluding carboxylic acids is 2. The van der Waals surface area contributed by atoms with Crippen molar-refractivity contribution in [3.8, 4) is 0 Å². The van der Waals surface area contributed by atoms with Crippen molar-refractivity contribution in [1.29, 1.82) is 0 Å². The molecule has 1 N–H and O–H groups in total. The number of carboxylic acids is 1. The Kier molecular flexibility index (Phi) is 5.07. The van der Waals surface area contributed by atoms with E-state index in [9.17, 15) is 19.5 Å². The van der Waals surface area contributed by atoms with Crippen LogP contribution in [0.5, 0.6) is 0 Å². The predicted octanol–water partition coefficient (Wildman–Crippen LogP) is 2.15. The molecule has 0 spiro atoms. The second kappa shape index (κ2) is 7.67. The van der Waals surface area contributed by atoms with E-state index in [2.05, 4.69) is 21.9 Å². The fraction of sp³-hybridized carbons (Fsp3) is 0.318. The first kappa shape index (κ1) is 19.1. The minimum Gasteiger partial charge on any atom is -0.478 e. The highest BCUT2D eigenvalue weighted by Gasteiger charge is 2.43. The van der Waals surface area contributed by atoms with E-state index in [1.165, 1.54) is 12.1 Å². The van der Waals surface area contributed by atoms with Gasteiger partial charge in [0.05, 0.1) is 23.7 Å². The lowest BCUT2D eigenvalue weighted by molar-refractivity contribution is -0.123. The number of hydrogen-bond donors (Lipinski definition) is 1. The molecule has 0 bridgehead atoms. The number of carbonyl (C=O) groups is 3. The average molecular weight is 393 g/mol. The van der Waals surface area contributed by atoms with Crippen LogP contribution in [0.25, 0.3) is 0 Å². The number of amides is 2. The van der Waals surface area contributed by atoms with Gasteiger partial charge in [-0.3, -0.25) is 14.5 Å². The van der Waals surface area contributed by atoms with Crippen LogP contribution in [0.15, 0.2) is 48.5 Å². The number of anilines is 2. The lowest BCUT2D eigenvalue weighted by Crippen LogP contribution is -2.52. The molecule has 2 aromatic carbocycles. The van der Waals surface area contributed by atoms with Crippen LogP contribution in [0.1, 0.15) is 22.3 Å². The zero-order chi connectivity index (χ0) is 20.5. The number of hydrogen-bond acceptors (Lipinski definition) is 5. The summed E-state index contributed by atoms with van der Waals surface area (Å²) in [5.41, 5.74) is 2.28. The van der Waals surface area contributed by atoms with Crippen molar-refractivity contribution < 1.29 is 19.5 Å². The van der Waals surface area contributed by atoms with Gasteiger partial charge in [0.2, 0.25) is 5.91 Å². The summed E-state index contributed by atoms with van der Waals surface area (Å²) >= 11 is 0. The Morgan fingerprint density at radius 3 is 2.34 bits per heavy atom. The number of nitrogens with zero attached hydrogens (tertiary/aromatic N) is 3. The van der Waals surface area contributed by atoms with E-state index >= 15 is 0 Å². The summed E-state index contributed by atoms with van der Waals surface area (Å²) in [5.74, 6) is -1.64. The molecule has 0 aliphatic carbocycles. The molecule has 7 heteroatoms. The number of imide groups is 1. The molecule has 2 heterocycles. The molecule has 2 saturated heterocycles. The second-order valence-corrected chi connectivity index (χ2v) is 7.45. The van der Waals surface area contributed by atoms with Crippen LogP contribution in [0.4, 0.5) is 11.4 Å². The SMILES string of the molecule is Cc1ccc(C(=O)O)cc1N1C(=O)CC(N2CCN(c3ccccc3)CC2)C1=O. The maximum Gasteiger partial charge on any atom is 0.335 e. The van der Waals surface area contributed by atoms with E-state index in [0.29, 0.717) is 24.3 Å². The van der Waals surface area contributed by atoms with Crippen molar-refractivity contribution >= 4 is 29.2 Å². The molecule has 4 rings (SSSR count). The molecule has 2 aliphatic rings. The quantitative estimate of drug-likeness (QED) is 0.802. The monoisotopic (exact) mass is 393 g/mol. The van der Waals surface area contributed by atoms with Crippen LogP contribution >= 0.6 is 0 Å². The third-order valence-corrected chi connectivity index (χ3v) is 5.70. The van der Waals surface area contributed by atoms with Crippen LogP contribution < -0.4 is 9.80 Å². The molecule has 2 aromatic rings. The number of piperazine rings is 1. The summed E-state index contributed by atoms with van der Waals surface area (Å²) in [6.07, 6.45) is 0.126. The minimum absolute atomic E-state index is 0.0612. The fourth-order valence-corrected chi connectivity index (χ4v) is 4.07. The summed E-state index contributed by atoms with van der Waals surface area (Å²) in [7, 11) is 0. The van der Waals surface area contributed by atoms with Crippen molar-refractivity contribution in [3.05, 3.63) is 59.7 Å². The third kappa shape index (κ3) is 3.61. The maximum atomic E-state index is 13.1. The van der Waals surface area contributed by atoms with Gasteiger partial charge in [-0.25, -0.2) is 9.69 Å². The molecule has 0 saturated carbocycles. The Hall–Kier alpha value is -3.19. The Morgan fingerprint density at radius 1 is 1.00 bits per heavy atom. The van der Waals surface area contributed by atoms with E-state index in [0.717, 1.165) is 23.7 Å². The summed E-state index contributed by atoms with van der Waals surface area (Å²) < 4.78 is 0. The molecule has 2 fully saturated rings. The van der Waals surface area contributed by atoms with Gasteiger partial charge in [-0.15, -0.1) is 0 Å². The predicted molar refractivity (Wildman–Crippen MR) is 109 cm³/mol. The first-order chi connectivity index (χ1) is 14.0. The summed E-state index contributed by atoms with van der Waals surface area (Å²) in [5, 5.41) is 9.25. The zero-order valence-electron chi connectivity index (χ0n) is 16.2. The molecule has 0 radical (unpaired) electrons. The van der Waals surface area contributed by atoms with Crippen LogP contribution in [0.3, 0.4) is 0 Å². The molecule has 2 amide bonds. The molecule has 7 nitrogen and oxygen atoms in total. The van der Waals surface area contributed by atoms with Crippen LogP contribution in [0, 0.1) is 6.92 Å². The van der Waals surface area contributed by atoms with Gasteiger partial charge in [-0.1, -0.05) is 24.3 Å². The van der Waals surface area contributed by atoms with Crippen molar-refractivity contribution in [2.75, 3.05) is 36.0 Å². The van der Waals surface area contributed by atoms with Gasteiger partial charge in [-0.05, 0) is 36.8 Å². The number of carboxylic acid groups (broad SMARTS) is 1. The minimum atomic E-state index is -1.08. The number of aryl methyl sites for hydroxylation is 1. The van der Waals surface area contributed by atoms with Gasteiger partial charge < -0.3 is 10.0 Å². The van der Waals surface area contributed by atoms with Gasteiger partial charge in [0.25, 0.3) is 5.91 Å². The molecule has 29 heavy (non-hydrogen) atoms. The fourth-order valence-electron chi connectivity index (χ4n) is 4.07. The average Bonchev–Trinajstić information content (AvgIpc) is 3.03. The standard InChI is InChI=1S/C22H23N3O4/c1-15-7-8-16(22(28)29)13-18(15)25-20(26)14-19(21(25)27)24-11-9-23(10-12-24)17-5-3-2-4-6-17/h2-8,13,19H,9-12,14H2,1H3,(H,28,29). The normalized spacial score (nSPS) is 20.4. The lowest BCUT2D eigenvalue weighted by Gasteiger charge is -2.38. The number of benzene rings is 2. The zero-order valence-corrected chi connectivity index (χ0v) is 16.2. The van der Waals surface area contributed by atoms with Crippen LogP contribution in [0.2, 0.25) is 0 Å². The van der Waals surface area contributed by atoms with Gasteiger partial charge >= 0.3 is 5.97 Å². The number of aromatic carboxylic acids is 1. The summed E-state index contributed by atoms with van der Waals surface area (Å²) in [6.45, 7) is 4.74. The summed E-state index contributed by atoms with van der Waals surface area (Å²) in [6, 6.07) is 14.2. The highest BCUT2D eigenvalue weighted by Crippen LogP contribution is 2.30. The number of para-hydroxylation sites is 1. The Bertz CT molecular complexity index is 952. The van der Waals surface area contributed by atoms with Crippen molar-refractivity contribution in [3.63, 3.8) is 0 Å². The summed E-state index contributed by atoms with van der Waals surface area (Å²) in [4.78, 5) is 42.6. The molecule has 2 aliphatic heterocycles. The highest BCUT2D eigenvalue weighted by atomic mass is 16.4. The Labute approximate surface area is 169 Å². The Balaban J connectivity index is 1.49. The van der Waals surface area contributed by atoms with Gasteiger partial charge in [0.15, 0.2) is 0 Å². The molecule has 1 unspecified atom stereocenters. The molecular weight excluding hydrogens is 370 g/mol. The molecule has 150 valence electrons. The topological polar surface area (TPSA) is 81.2 Å². The molecular formula is C22H23N3O4. The highest BCUT2D eigenvalue weighted by molar-refractivity contribution is 6.23. The first-order valence-electron chi connectivity index (χ1n) is 9.70. The Morgan fingerprint density at radius 2 is 1.69 bits per heavy atom. The molecule has 1 atom stereocenters. The van der Waals surface area contributed by atoms with Gasteiger partial charge in [-0.2, -0.15) is 0 Å². The van der Waals surface area contributed by atoms with Crippen molar-refractivity contribution in [2.45, 2.75) is 19.4 Å². The van der Waals surface area contributed by atoms with Crippen molar-refractivity contribution in [1.82, 2.24) is 4.90 Å². The van der Waals surface area contributed by atoms with E-state index in [1.54, 1.807) is 13.0 Å². The van der Waals surface area contributed by atoms with E-state index < -0.39 is 12.0 Å². The van der Waals surface area contributed by atoms with Gasteiger partial charge in [0.1, 0.15) is 0 Å². The number of rotatable bonds is 4. The first-order valence-corrected chi connectivity index (χ1v) is 9.70. The third-order valence-electron chi connectivity index (χ3n) is 5.70. The molecule has 0 aromatic heterocycles. The second-order valence-electron chi connectivity index (χ2n) is 7.45. The largest absolute Gasteiger partial charge is 0.478 e. The van der Waals surface area contributed by atoms with Crippen LogP contribution in [-0.2, 0) is 9.59 Å². The van der Waals surface area contributed by atoms with Gasteiger partial charge in [0, 0.05) is 31.9 Å². The maximum absolute atomic E-state index is 13.1. The van der Waals surface area contributed by atoms with E-state index in [-0.39, 0.29) is 23.8 Å². The van der Waals surface area contributed by atoms with E-state index in [4.69, 9.17) is 0 Å². The van der Waals surface area contributed by atoms with Crippen LogP contribution in [-0.4, -0.2) is 60.0 Å². The van der Waals surface area contributed by atoms with Crippen molar-refractivity contribution in [2.24, 2.45) is 0 Å². The lowest BCUT2D eigenvalue weighted by atomic mass is 10.1. The van der Waals surface area contributed by atoms with E-state index in [1.807, 2.05) is 18.2 Å².